The third-order valence-corrected chi connectivity index (χ3v) is 4.12. The number of aromatic nitrogens is 3. The minimum atomic E-state index is 0.286. The molecule has 2 heterocycles. The lowest BCUT2D eigenvalue weighted by Gasteiger charge is -2.08. The molecule has 0 saturated heterocycles. The van der Waals surface area contributed by atoms with Crippen molar-refractivity contribution in [2.24, 2.45) is 0 Å². The molecule has 0 fully saturated rings. The Hall–Kier alpha value is -2.60. The maximum atomic E-state index is 5.72. The number of benzene rings is 1. The van der Waals surface area contributed by atoms with Gasteiger partial charge in [0, 0.05) is 29.4 Å². The number of nitrogen functional groups attached to an aromatic ring is 2. The highest BCUT2D eigenvalue weighted by Gasteiger charge is 2.08. The number of nitrogens with zero attached hydrogens (tertiary/aromatic N) is 3. The fourth-order valence-corrected chi connectivity index (χ4v) is 2.88. The molecule has 22 heavy (non-hydrogen) atoms. The van der Waals surface area contributed by atoms with Gasteiger partial charge in [-0.15, -0.1) is 0 Å². The average molecular weight is 309 g/mol. The van der Waals surface area contributed by atoms with E-state index in [1.807, 2.05) is 42.5 Å². The van der Waals surface area contributed by atoms with E-state index in [1.165, 1.54) is 0 Å². The number of pyridine rings is 1. The Morgan fingerprint density at radius 1 is 0.909 bits per heavy atom. The van der Waals surface area contributed by atoms with Crippen LogP contribution in [0.5, 0.6) is 0 Å². The van der Waals surface area contributed by atoms with Gasteiger partial charge in [-0.05, 0) is 42.0 Å². The highest BCUT2D eigenvalue weighted by atomic mass is 32.2. The first-order valence-electron chi connectivity index (χ1n) is 6.75. The largest absolute Gasteiger partial charge is 0.399 e. The van der Waals surface area contributed by atoms with Crippen LogP contribution in [0, 0.1) is 0 Å². The van der Waals surface area contributed by atoms with Gasteiger partial charge in [0.05, 0.1) is 5.69 Å². The topological polar surface area (TPSA) is 90.7 Å². The van der Waals surface area contributed by atoms with Crippen LogP contribution in [0.2, 0.25) is 0 Å². The van der Waals surface area contributed by atoms with Gasteiger partial charge in [0.15, 0.2) is 0 Å². The number of hydrogen-bond donors (Lipinski definition) is 2. The minimum Gasteiger partial charge on any atom is -0.399 e. The molecule has 3 rings (SSSR count). The van der Waals surface area contributed by atoms with E-state index in [9.17, 15) is 0 Å². The van der Waals surface area contributed by atoms with E-state index in [0.717, 1.165) is 26.9 Å². The zero-order valence-corrected chi connectivity index (χ0v) is 12.6. The van der Waals surface area contributed by atoms with Crippen molar-refractivity contribution in [3.8, 4) is 0 Å². The summed E-state index contributed by atoms with van der Waals surface area (Å²) in [5, 5.41) is 0.949. The van der Waals surface area contributed by atoms with Crippen LogP contribution in [0.3, 0.4) is 0 Å². The summed E-state index contributed by atoms with van der Waals surface area (Å²) in [6.07, 6.45) is 4.12. The first-order chi connectivity index (χ1) is 10.7. The number of anilines is 2. The summed E-state index contributed by atoms with van der Waals surface area (Å²) in [4.78, 5) is 13.7. The molecule has 5 nitrogen and oxygen atoms in total. The fourth-order valence-electron chi connectivity index (χ4n) is 2.00. The van der Waals surface area contributed by atoms with E-state index in [0.29, 0.717) is 6.42 Å². The van der Waals surface area contributed by atoms with Crippen LogP contribution >= 0.6 is 11.8 Å². The molecule has 3 aromatic rings. The number of nitrogens with two attached hydrogens (primary N) is 2. The smallest absolute Gasteiger partial charge is 0.220 e. The number of rotatable bonds is 4. The minimum absolute atomic E-state index is 0.286. The summed E-state index contributed by atoms with van der Waals surface area (Å²) in [6, 6.07) is 13.6. The van der Waals surface area contributed by atoms with Crippen LogP contribution < -0.4 is 11.5 Å². The zero-order chi connectivity index (χ0) is 15.4. The van der Waals surface area contributed by atoms with Crippen molar-refractivity contribution >= 4 is 23.4 Å². The van der Waals surface area contributed by atoms with Crippen LogP contribution in [0.4, 0.5) is 11.6 Å². The molecule has 0 aliphatic heterocycles. The number of hydrogen-bond acceptors (Lipinski definition) is 6. The molecule has 0 unspecified atom stereocenters. The van der Waals surface area contributed by atoms with Crippen molar-refractivity contribution in [2.45, 2.75) is 16.3 Å². The van der Waals surface area contributed by atoms with Crippen molar-refractivity contribution in [1.29, 1.82) is 0 Å². The third kappa shape index (κ3) is 3.53. The molecule has 0 saturated carbocycles. The summed E-state index contributed by atoms with van der Waals surface area (Å²) in [7, 11) is 0. The van der Waals surface area contributed by atoms with Gasteiger partial charge in [-0.25, -0.2) is 15.0 Å². The average Bonchev–Trinajstić information content (AvgIpc) is 2.51. The monoisotopic (exact) mass is 309 g/mol. The molecule has 4 N–H and O–H groups in total. The predicted octanol–water partition coefficient (Wildman–Crippen LogP) is 2.78. The second-order valence-corrected chi connectivity index (χ2v) is 5.78. The zero-order valence-electron chi connectivity index (χ0n) is 11.8. The van der Waals surface area contributed by atoms with Gasteiger partial charge >= 0.3 is 0 Å². The Morgan fingerprint density at radius 3 is 2.50 bits per heavy atom. The molecule has 1 aromatic carbocycles. The van der Waals surface area contributed by atoms with Crippen LogP contribution in [-0.4, -0.2) is 15.0 Å². The van der Waals surface area contributed by atoms with Gasteiger partial charge in [0.1, 0.15) is 5.03 Å². The Labute approximate surface area is 132 Å². The quantitative estimate of drug-likeness (QED) is 0.720. The highest BCUT2D eigenvalue weighted by Crippen LogP contribution is 2.30. The lowest BCUT2D eigenvalue weighted by Crippen LogP contribution is -2.00. The lowest BCUT2D eigenvalue weighted by molar-refractivity contribution is 0.972. The van der Waals surface area contributed by atoms with Gasteiger partial charge in [-0.3, -0.25) is 0 Å². The molecule has 110 valence electrons. The summed E-state index contributed by atoms with van der Waals surface area (Å²) < 4.78 is 0. The molecular formula is C16H15N5S. The van der Waals surface area contributed by atoms with E-state index < -0.39 is 0 Å². The molecular weight excluding hydrogens is 294 g/mol. The van der Waals surface area contributed by atoms with Crippen LogP contribution in [-0.2, 0) is 6.42 Å². The maximum absolute atomic E-state index is 5.72. The highest BCUT2D eigenvalue weighted by molar-refractivity contribution is 7.99. The van der Waals surface area contributed by atoms with E-state index in [4.69, 9.17) is 11.5 Å². The van der Waals surface area contributed by atoms with Crippen molar-refractivity contribution < 1.29 is 0 Å². The Kier molecular flexibility index (Phi) is 4.20. The first-order valence-corrected chi connectivity index (χ1v) is 7.57. The van der Waals surface area contributed by atoms with E-state index in [2.05, 4.69) is 15.0 Å². The molecule has 6 heteroatoms. The molecule has 0 radical (unpaired) electrons. The molecule has 0 aliphatic carbocycles. The molecule has 0 aliphatic rings. The molecule has 0 atom stereocenters. The fraction of sp³-hybridized carbons (Fsp3) is 0.0625. The third-order valence-electron chi connectivity index (χ3n) is 3.05. The Morgan fingerprint density at radius 2 is 1.73 bits per heavy atom. The summed E-state index contributed by atoms with van der Waals surface area (Å²) in [5.74, 6) is 0.286. The van der Waals surface area contributed by atoms with Crippen molar-refractivity contribution in [3.05, 3.63) is 66.1 Å². The SMILES string of the molecule is Nc1ccc(Sc2ncccc2Cc2ccnc(N)n2)cc1. The van der Waals surface area contributed by atoms with Crippen LogP contribution in [0.15, 0.2) is 64.8 Å². The van der Waals surface area contributed by atoms with E-state index in [-0.39, 0.29) is 5.95 Å². The first kappa shape index (κ1) is 14.3. The van der Waals surface area contributed by atoms with Gasteiger partial charge in [0.2, 0.25) is 5.95 Å². The lowest BCUT2D eigenvalue weighted by atomic mass is 10.1. The summed E-state index contributed by atoms with van der Waals surface area (Å²) in [6.45, 7) is 0. The summed E-state index contributed by atoms with van der Waals surface area (Å²) >= 11 is 1.61. The van der Waals surface area contributed by atoms with Crippen LogP contribution in [0.1, 0.15) is 11.3 Å². The second kappa shape index (κ2) is 6.44. The molecule has 0 amide bonds. The second-order valence-electron chi connectivity index (χ2n) is 4.72. The molecule has 0 bridgehead atoms. The van der Waals surface area contributed by atoms with E-state index in [1.54, 1.807) is 24.2 Å². The van der Waals surface area contributed by atoms with Gasteiger partial charge in [-0.2, -0.15) is 0 Å². The van der Waals surface area contributed by atoms with Crippen molar-refractivity contribution in [3.63, 3.8) is 0 Å². The Bertz CT molecular complexity index is 773. The van der Waals surface area contributed by atoms with Crippen molar-refractivity contribution in [2.75, 3.05) is 11.5 Å². The van der Waals surface area contributed by atoms with Gasteiger partial charge in [-0.1, -0.05) is 17.8 Å². The summed E-state index contributed by atoms with van der Waals surface area (Å²) in [5.41, 5.74) is 14.1. The van der Waals surface area contributed by atoms with Gasteiger partial charge in [0.25, 0.3) is 0 Å². The van der Waals surface area contributed by atoms with Crippen molar-refractivity contribution in [1.82, 2.24) is 15.0 Å². The normalized spacial score (nSPS) is 10.5. The molecule has 0 spiro atoms. The van der Waals surface area contributed by atoms with Gasteiger partial charge < -0.3 is 11.5 Å². The predicted molar refractivity (Wildman–Crippen MR) is 88.5 cm³/mol. The Balaban J connectivity index is 1.85. The van der Waals surface area contributed by atoms with E-state index >= 15 is 0 Å². The maximum Gasteiger partial charge on any atom is 0.220 e. The standard InChI is InChI=1S/C16H15N5S/c17-12-3-5-14(6-4-12)22-15-11(2-1-8-19-15)10-13-7-9-20-16(18)21-13/h1-9H,10,17H2,(H2,18,20,21). The van der Waals surface area contributed by atoms with Crippen LogP contribution in [0.25, 0.3) is 0 Å². The molecule has 2 aromatic heterocycles.